The minimum absolute atomic E-state index is 0.147. The molecule has 0 unspecified atom stereocenters. The molecule has 2 saturated heterocycles. The number of rotatable bonds is 1. The predicted octanol–water partition coefficient (Wildman–Crippen LogP) is -2.62. The van der Waals surface area contributed by atoms with Crippen molar-refractivity contribution < 1.29 is 20.4 Å². The Morgan fingerprint density at radius 1 is 1.08 bits per heavy atom. The lowest BCUT2D eigenvalue weighted by atomic mass is 9.94. The van der Waals surface area contributed by atoms with Gasteiger partial charge < -0.3 is 20.4 Å². The molecular formula is C8H15NO4. The van der Waals surface area contributed by atoms with Gasteiger partial charge in [-0.15, -0.1) is 0 Å². The van der Waals surface area contributed by atoms with E-state index in [9.17, 15) is 15.3 Å². The number of aliphatic hydroxyl groups excluding tert-OH is 4. The largest absolute Gasteiger partial charge is 0.396 e. The number of nitrogens with zero attached hydrogens (tertiary/aromatic N) is 1. The zero-order valence-electron chi connectivity index (χ0n) is 7.24. The van der Waals surface area contributed by atoms with Crippen LogP contribution in [0.15, 0.2) is 0 Å². The van der Waals surface area contributed by atoms with Gasteiger partial charge in [-0.2, -0.15) is 0 Å². The van der Waals surface area contributed by atoms with Gasteiger partial charge in [-0.3, -0.25) is 4.90 Å². The van der Waals surface area contributed by atoms with E-state index >= 15 is 0 Å². The van der Waals surface area contributed by atoms with Gasteiger partial charge in [0.25, 0.3) is 0 Å². The molecule has 0 bridgehead atoms. The summed E-state index contributed by atoms with van der Waals surface area (Å²) in [6.07, 6.45) is -2.17. The van der Waals surface area contributed by atoms with E-state index in [1.807, 2.05) is 4.90 Å². The summed E-state index contributed by atoms with van der Waals surface area (Å²) in [6.45, 7) is 0.676. The third-order valence-electron chi connectivity index (χ3n) is 3.15. The van der Waals surface area contributed by atoms with E-state index in [1.54, 1.807) is 0 Å². The predicted molar refractivity (Wildman–Crippen MR) is 44.0 cm³/mol. The Balaban J connectivity index is 2.15. The second kappa shape index (κ2) is 3.18. The van der Waals surface area contributed by atoms with E-state index in [2.05, 4.69) is 0 Å². The van der Waals surface area contributed by atoms with E-state index < -0.39 is 18.3 Å². The molecular weight excluding hydrogens is 174 g/mol. The molecule has 0 radical (unpaired) electrons. The summed E-state index contributed by atoms with van der Waals surface area (Å²) in [5, 5.41) is 37.4. The molecule has 2 rings (SSSR count). The van der Waals surface area contributed by atoms with Gasteiger partial charge in [0.05, 0.1) is 24.9 Å². The standard InChI is InChI=1S/C8H15NO4/c10-3-4-5(11)1-9-2-6(12)8(13)7(4)9/h4-8,10-13H,1-3H2/t4-,5+,6-,7-,8+/m0/s1. The zero-order valence-corrected chi connectivity index (χ0v) is 7.24. The van der Waals surface area contributed by atoms with Crippen LogP contribution in [0.3, 0.4) is 0 Å². The van der Waals surface area contributed by atoms with Gasteiger partial charge in [-0.05, 0) is 0 Å². The molecule has 2 heterocycles. The quantitative estimate of drug-likeness (QED) is 0.363. The summed E-state index contributed by atoms with van der Waals surface area (Å²) in [4.78, 5) is 1.83. The fourth-order valence-corrected chi connectivity index (χ4v) is 2.47. The van der Waals surface area contributed by atoms with Crippen molar-refractivity contribution in [2.75, 3.05) is 19.7 Å². The van der Waals surface area contributed by atoms with Crippen molar-refractivity contribution in [2.45, 2.75) is 24.4 Å². The fourth-order valence-electron chi connectivity index (χ4n) is 2.47. The molecule has 0 spiro atoms. The van der Waals surface area contributed by atoms with Crippen molar-refractivity contribution in [3.8, 4) is 0 Å². The molecule has 4 N–H and O–H groups in total. The molecule has 0 aromatic heterocycles. The topological polar surface area (TPSA) is 84.2 Å². The lowest BCUT2D eigenvalue weighted by molar-refractivity contribution is 0.00494. The van der Waals surface area contributed by atoms with Crippen LogP contribution < -0.4 is 0 Å². The van der Waals surface area contributed by atoms with Gasteiger partial charge in [-0.1, -0.05) is 0 Å². The van der Waals surface area contributed by atoms with E-state index in [0.29, 0.717) is 13.1 Å². The highest BCUT2D eigenvalue weighted by Gasteiger charge is 2.51. The van der Waals surface area contributed by atoms with Crippen molar-refractivity contribution in [1.82, 2.24) is 4.90 Å². The molecule has 76 valence electrons. The summed E-state index contributed by atoms with van der Waals surface area (Å²) in [6, 6.07) is -0.282. The van der Waals surface area contributed by atoms with Crippen LogP contribution in [0, 0.1) is 5.92 Å². The van der Waals surface area contributed by atoms with Crippen LogP contribution in [-0.4, -0.2) is 69.4 Å². The molecule has 2 aliphatic heterocycles. The van der Waals surface area contributed by atoms with Crippen molar-refractivity contribution >= 4 is 0 Å². The monoisotopic (exact) mass is 189 g/mol. The van der Waals surface area contributed by atoms with Gasteiger partial charge in [0, 0.05) is 25.0 Å². The van der Waals surface area contributed by atoms with Crippen LogP contribution >= 0.6 is 0 Å². The number of fused-ring (bicyclic) bond motifs is 1. The second-order valence-electron chi connectivity index (χ2n) is 3.92. The summed E-state index contributed by atoms with van der Waals surface area (Å²) < 4.78 is 0. The van der Waals surface area contributed by atoms with Crippen LogP contribution in [0.4, 0.5) is 0 Å². The molecule has 0 saturated carbocycles. The first-order valence-corrected chi connectivity index (χ1v) is 4.54. The number of hydrogen-bond donors (Lipinski definition) is 4. The lowest BCUT2D eigenvalue weighted by Gasteiger charge is -2.22. The van der Waals surface area contributed by atoms with E-state index in [1.165, 1.54) is 0 Å². The van der Waals surface area contributed by atoms with Gasteiger partial charge in [0.1, 0.15) is 0 Å². The molecule has 0 aliphatic carbocycles. The summed E-state index contributed by atoms with van der Waals surface area (Å²) in [5.74, 6) is -0.327. The number of hydrogen-bond acceptors (Lipinski definition) is 5. The van der Waals surface area contributed by atoms with Gasteiger partial charge in [-0.25, -0.2) is 0 Å². The SMILES string of the molecule is OC[C@@H]1[C@H]2[C@H](O)[C@@H](O)CN2C[C@H]1O. The Morgan fingerprint density at radius 2 is 1.69 bits per heavy atom. The van der Waals surface area contributed by atoms with Gasteiger partial charge >= 0.3 is 0 Å². The molecule has 2 fully saturated rings. The molecule has 13 heavy (non-hydrogen) atoms. The van der Waals surface area contributed by atoms with Crippen molar-refractivity contribution in [2.24, 2.45) is 5.92 Å². The summed E-state index contributed by atoms with van der Waals surface area (Å²) in [7, 11) is 0. The normalized spacial score (nSPS) is 51.2. The van der Waals surface area contributed by atoms with Crippen molar-refractivity contribution in [3.63, 3.8) is 0 Å². The zero-order chi connectivity index (χ0) is 9.59. The Morgan fingerprint density at radius 3 is 2.31 bits per heavy atom. The van der Waals surface area contributed by atoms with Crippen LogP contribution in [0.25, 0.3) is 0 Å². The molecule has 5 atom stereocenters. The van der Waals surface area contributed by atoms with Crippen molar-refractivity contribution in [3.05, 3.63) is 0 Å². The van der Waals surface area contributed by atoms with Crippen molar-refractivity contribution in [1.29, 1.82) is 0 Å². The molecule has 5 nitrogen and oxygen atoms in total. The second-order valence-corrected chi connectivity index (χ2v) is 3.92. The third-order valence-corrected chi connectivity index (χ3v) is 3.15. The maximum atomic E-state index is 9.57. The fraction of sp³-hybridized carbons (Fsp3) is 1.00. The Bertz CT molecular complexity index is 201. The maximum Gasteiger partial charge on any atom is 0.0971 e. The minimum atomic E-state index is -0.839. The Hall–Kier alpha value is -0.200. The minimum Gasteiger partial charge on any atom is -0.396 e. The molecule has 0 aromatic carbocycles. The smallest absolute Gasteiger partial charge is 0.0971 e. The molecule has 0 aromatic rings. The summed E-state index contributed by atoms with van der Waals surface area (Å²) in [5.41, 5.74) is 0. The van der Waals surface area contributed by atoms with Crippen LogP contribution in [0.1, 0.15) is 0 Å². The molecule has 2 aliphatic rings. The highest BCUT2D eigenvalue weighted by molar-refractivity contribution is 5.04. The lowest BCUT2D eigenvalue weighted by Crippen LogP contribution is -2.39. The highest BCUT2D eigenvalue weighted by Crippen LogP contribution is 2.33. The highest BCUT2D eigenvalue weighted by atomic mass is 16.3. The van der Waals surface area contributed by atoms with Crippen LogP contribution in [0.2, 0.25) is 0 Å². The Kier molecular flexibility index (Phi) is 2.29. The summed E-state index contributed by atoms with van der Waals surface area (Å²) >= 11 is 0. The van der Waals surface area contributed by atoms with E-state index in [0.717, 1.165) is 0 Å². The third kappa shape index (κ3) is 1.28. The van der Waals surface area contributed by atoms with Gasteiger partial charge in [0.15, 0.2) is 0 Å². The van der Waals surface area contributed by atoms with E-state index in [-0.39, 0.29) is 18.6 Å². The first-order chi connectivity index (χ1) is 6.15. The number of aliphatic hydroxyl groups is 4. The van der Waals surface area contributed by atoms with E-state index in [4.69, 9.17) is 5.11 Å². The average molecular weight is 189 g/mol. The first kappa shape index (κ1) is 9.36. The van der Waals surface area contributed by atoms with Crippen LogP contribution in [-0.2, 0) is 0 Å². The molecule has 5 heteroatoms. The molecule has 0 amide bonds. The van der Waals surface area contributed by atoms with Gasteiger partial charge in [0.2, 0.25) is 0 Å². The first-order valence-electron chi connectivity index (χ1n) is 4.54. The van der Waals surface area contributed by atoms with Crippen LogP contribution in [0.5, 0.6) is 0 Å². The average Bonchev–Trinajstić information content (AvgIpc) is 2.51. The Labute approximate surface area is 76.2 Å². The maximum absolute atomic E-state index is 9.57.